The molecule has 0 unspecified atom stereocenters. The van der Waals surface area contributed by atoms with E-state index >= 15 is 0 Å². The Bertz CT molecular complexity index is 1060. The number of piperidine rings is 1. The molecule has 2 aromatic carbocycles. The number of ether oxygens (including phenoxy) is 2. The summed E-state index contributed by atoms with van der Waals surface area (Å²) in [5.41, 5.74) is 1.22. The van der Waals surface area contributed by atoms with Gasteiger partial charge < -0.3 is 14.8 Å². The van der Waals surface area contributed by atoms with Crippen LogP contribution in [0.5, 0.6) is 11.5 Å². The van der Waals surface area contributed by atoms with E-state index in [0.29, 0.717) is 53.0 Å². The number of nitrogens with one attached hydrogen (secondary N) is 1. The minimum Gasteiger partial charge on any atom is -0.493 e. The molecule has 174 valence electrons. The lowest BCUT2D eigenvalue weighted by Gasteiger charge is -2.31. The molecule has 2 aromatic rings. The second-order valence-corrected chi connectivity index (χ2v) is 10.3. The van der Waals surface area contributed by atoms with Crippen LogP contribution < -0.4 is 14.8 Å². The van der Waals surface area contributed by atoms with Crippen LogP contribution >= 0.6 is 23.2 Å². The molecule has 7 nitrogen and oxygen atoms in total. The lowest BCUT2D eigenvalue weighted by molar-refractivity contribution is -0.126. The van der Waals surface area contributed by atoms with Gasteiger partial charge in [0.05, 0.1) is 25.9 Å². The maximum absolute atomic E-state index is 13.0. The molecule has 0 aliphatic carbocycles. The predicted molar refractivity (Wildman–Crippen MR) is 125 cm³/mol. The lowest BCUT2D eigenvalue weighted by atomic mass is 9.98. The molecule has 1 aliphatic heterocycles. The first-order valence-electron chi connectivity index (χ1n) is 10.1. The Morgan fingerprint density at radius 2 is 1.81 bits per heavy atom. The predicted octanol–water partition coefficient (Wildman–Crippen LogP) is 3.87. The fourth-order valence-electron chi connectivity index (χ4n) is 3.68. The van der Waals surface area contributed by atoms with Crippen molar-refractivity contribution in [3.05, 3.63) is 57.6 Å². The molecule has 0 radical (unpaired) electrons. The van der Waals surface area contributed by atoms with Crippen LogP contribution in [0.1, 0.15) is 24.0 Å². The molecule has 10 heteroatoms. The molecule has 1 N–H and O–H groups in total. The van der Waals surface area contributed by atoms with Crippen LogP contribution in [0.4, 0.5) is 0 Å². The summed E-state index contributed by atoms with van der Waals surface area (Å²) < 4.78 is 37.8. The van der Waals surface area contributed by atoms with Gasteiger partial charge in [-0.05, 0) is 42.7 Å². The SMILES string of the molecule is COc1ccc(CNC(=O)[C@@H]2CCCN(S(=O)(=O)Cc3c(Cl)cccc3Cl)C2)cc1OC. The molecular weight excluding hydrogens is 475 g/mol. The minimum atomic E-state index is -3.68. The van der Waals surface area contributed by atoms with Gasteiger partial charge in [-0.15, -0.1) is 0 Å². The van der Waals surface area contributed by atoms with Gasteiger partial charge in [-0.3, -0.25) is 4.79 Å². The van der Waals surface area contributed by atoms with E-state index in [4.69, 9.17) is 32.7 Å². The molecule has 32 heavy (non-hydrogen) atoms. The number of nitrogens with zero attached hydrogens (tertiary/aromatic N) is 1. The van der Waals surface area contributed by atoms with Crippen molar-refractivity contribution < 1.29 is 22.7 Å². The molecule has 1 saturated heterocycles. The largest absolute Gasteiger partial charge is 0.493 e. The van der Waals surface area contributed by atoms with E-state index in [9.17, 15) is 13.2 Å². The van der Waals surface area contributed by atoms with E-state index in [1.54, 1.807) is 44.6 Å². The molecule has 1 heterocycles. The highest BCUT2D eigenvalue weighted by Gasteiger charge is 2.33. The van der Waals surface area contributed by atoms with Crippen LogP contribution in [0.2, 0.25) is 10.0 Å². The number of rotatable bonds is 8. The number of sulfonamides is 1. The van der Waals surface area contributed by atoms with E-state index in [1.807, 2.05) is 6.07 Å². The van der Waals surface area contributed by atoms with Gasteiger partial charge in [0.15, 0.2) is 11.5 Å². The normalized spacial score (nSPS) is 17.1. The summed E-state index contributed by atoms with van der Waals surface area (Å²) in [6.07, 6.45) is 1.22. The van der Waals surface area contributed by atoms with Crippen LogP contribution in [-0.2, 0) is 27.1 Å². The van der Waals surface area contributed by atoms with Gasteiger partial charge in [0.25, 0.3) is 0 Å². The highest BCUT2D eigenvalue weighted by molar-refractivity contribution is 7.88. The van der Waals surface area contributed by atoms with Gasteiger partial charge >= 0.3 is 0 Å². The molecular formula is C22H26Cl2N2O5S. The Morgan fingerprint density at radius 3 is 2.47 bits per heavy atom. The Morgan fingerprint density at radius 1 is 1.12 bits per heavy atom. The molecule has 1 atom stereocenters. The van der Waals surface area contributed by atoms with E-state index in [2.05, 4.69) is 5.32 Å². The number of hydrogen-bond donors (Lipinski definition) is 1. The summed E-state index contributed by atoms with van der Waals surface area (Å²) in [5.74, 6) is 0.267. The Hall–Kier alpha value is -2.00. The van der Waals surface area contributed by atoms with Crippen molar-refractivity contribution in [3.8, 4) is 11.5 Å². The number of amides is 1. The molecule has 1 fully saturated rings. The summed E-state index contributed by atoms with van der Waals surface area (Å²) in [6, 6.07) is 10.3. The molecule has 0 aromatic heterocycles. The summed E-state index contributed by atoms with van der Waals surface area (Å²) in [5, 5.41) is 3.51. The summed E-state index contributed by atoms with van der Waals surface area (Å²) in [4.78, 5) is 12.8. The van der Waals surface area contributed by atoms with Crippen molar-refractivity contribution in [1.82, 2.24) is 9.62 Å². The highest BCUT2D eigenvalue weighted by atomic mass is 35.5. The van der Waals surface area contributed by atoms with E-state index in [0.717, 1.165) is 5.56 Å². The van der Waals surface area contributed by atoms with Crippen LogP contribution in [0.3, 0.4) is 0 Å². The Kier molecular flexibility index (Phi) is 8.27. The summed E-state index contributed by atoms with van der Waals surface area (Å²) >= 11 is 12.3. The van der Waals surface area contributed by atoms with Crippen molar-refractivity contribution in [2.24, 2.45) is 5.92 Å². The summed E-state index contributed by atoms with van der Waals surface area (Å²) in [6.45, 7) is 0.795. The molecule has 0 bridgehead atoms. The number of carbonyl (C=O) groups excluding carboxylic acids is 1. The van der Waals surface area contributed by atoms with Gasteiger partial charge in [0, 0.05) is 35.2 Å². The quantitative estimate of drug-likeness (QED) is 0.594. The zero-order valence-electron chi connectivity index (χ0n) is 17.9. The Labute approximate surface area is 198 Å². The number of benzene rings is 2. The van der Waals surface area contributed by atoms with Crippen molar-refractivity contribution in [3.63, 3.8) is 0 Å². The van der Waals surface area contributed by atoms with E-state index in [-0.39, 0.29) is 18.2 Å². The standard InChI is InChI=1S/C22H26Cl2N2O5S/c1-30-20-9-8-15(11-21(20)31-2)12-25-22(27)16-5-4-10-26(13-16)32(28,29)14-17-18(23)6-3-7-19(17)24/h3,6-9,11,16H,4-5,10,12-14H2,1-2H3,(H,25,27)/t16-/m1/s1. The van der Waals surface area contributed by atoms with Crippen molar-refractivity contribution in [1.29, 1.82) is 0 Å². The van der Waals surface area contributed by atoms with Crippen LogP contribution in [-0.4, -0.2) is 45.9 Å². The van der Waals surface area contributed by atoms with Crippen molar-refractivity contribution in [2.75, 3.05) is 27.3 Å². The van der Waals surface area contributed by atoms with Crippen molar-refractivity contribution >= 4 is 39.1 Å². The molecule has 1 amide bonds. The average molecular weight is 501 g/mol. The van der Waals surface area contributed by atoms with Crippen LogP contribution in [0.15, 0.2) is 36.4 Å². The fraction of sp³-hybridized carbons (Fsp3) is 0.409. The highest BCUT2D eigenvalue weighted by Crippen LogP contribution is 2.30. The minimum absolute atomic E-state index is 0.127. The first-order chi connectivity index (χ1) is 15.2. The smallest absolute Gasteiger partial charge is 0.224 e. The molecule has 3 rings (SSSR count). The zero-order valence-corrected chi connectivity index (χ0v) is 20.3. The average Bonchev–Trinajstić information content (AvgIpc) is 2.79. The third-order valence-electron chi connectivity index (χ3n) is 5.45. The van der Waals surface area contributed by atoms with E-state index < -0.39 is 15.9 Å². The van der Waals surface area contributed by atoms with Crippen LogP contribution in [0.25, 0.3) is 0 Å². The van der Waals surface area contributed by atoms with Gasteiger partial charge in [0.1, 0.15) is 0 Å². The molecule has 0 saturated carbocycles. The van der Waals surface area contributed by atoms with Gasteiger partial charge in [-0.2, -0.15) is 0 Å². The third-order valence-corrected chi connectivity index (χ3v) is 7.93. The zero-order chi connectivity index (χ0) is 23.3. The van der Waals surface area contributed by atoms with Gasteiger partial charge in [-0.25, -0.2) is 12.7 Å². The summed E-state index contributed by atoms with van der Waals surface area (Å²) in [7, 11) is -0.572. The topological polar surface area (TPSA) is 84.9 Å². The van der Waals surface area contributed by atoms with Crippen molar-refractivity contribution in [2.45, 2.75) is 25.1 Å². The second-order valence-electron chi connectivity index (χ2n) is 7.56. The van der Waals surface area contributed by atoms with Gasteiger partial charge in [-0.1, -0.05) is 35.3 Å². The first-order valence-corrected chi connectivity index (χ1v) is 12.5. The second kappa shape index (κ2) is 10.7. The first kappa shape index (κ1) is 24.6. The lowest BCUT2D eigenvalue weighted by Crippen LogP contribution is -2.45. The van der Waals surface area contributed by atoms with E-state index in [1.165, 1.54) is 4.31 Å². The maximum atomic E-state index is 13.0. The Balaban J connectivity index is 1.63. The fourth-order valence-corrected chi connectivity index (χ4v) is 6.04. The number of halogens is 2. The maximum Gasteiger partial charge on any atom is 0.224 e. The monoisotopic (exact) mass is 500 g/mol. The molecule has 1 aliphatic rings. The third kappa shape index (κ3) is 5.86. The van der Waals surface area contributed by atoms with Crippen LogP contribution in [0, 0.1) is 5.92 Å². The number of methoxy groups -OCH3 is 2. The number of carbonyl (C=O) groups is 1. The molecule has 0 spiro atoms. The van der Waals surface area contributed by atoms with Gasteiger partial charge in [0.2, 0.25) is 15.9 Å². The number of hydrogen-bond acceptors (Lipinski definition) is 5.